The van der Waals surface area contributed by atoms with Gasteiger partial charge in [0.2, 0.25) is 0 Å². The monoisotopic (exact) mass is 457 g/mol. The molecule has 3 unspecified atom stereocenters. The Morgan fingerprint density at radius 2 is 1.97 bits per heavy atom. The normalized spacial score (nSPS) is 30.3. The molecule has 5 aliphatic rings. The van der Waals surface area contributed by atoms with Crippen LogP contribution in [0.1, 0.15) is 42.7 Å². The lowest BCUT2D eigenvalue weighted by atomic mass is 9.59. The van der Waals surface area contributed by atoms with E-state index in [2.05, 4.69) is 28.4 Å². The highest BCUT2D eigenvalue weighted by molar-refractivity contribution is 7.85. The molecule has 3 aliphatic heterocycles. The molecule has 31 heavy (non-hydrogen) atoms. The molecule has 4 heterocycles. The van der Waals surface area contributed by atoms with Gasteiger partial charge in [-0.3, -0.25) is 4.21 Å². The number of anilines is 2. The fourth-order valence-corrected chi connectivity index (χ4v) is 7.55. The summed E-state index contributed by atoms with van der Waals surface area (Å²) < 4.78 is 12.7. The van der Waals surface area contributed by atoms with Crippen LogP contribution in [0.25, 0.3) is 0 Å². The molecule has 7 rings (SSSR count). The van der Waals surface area contributed by atoms with Gasteiger partial charge in [-0.05, 0) is 79.2 Å². The van der Waals surface area contributed by atoms with Crippen molar-refractivity contribution in [3.8, 4) is 0 Å². The zero-order chi connectivity index (χ0) is 21.2. The number of aliphatic hydroxyl groups is 1. The fraction of sp³-hybridized carbons (Fsp3) is 0.542. The van der Waals surface area contributed by atoms with Crippen LogP contribution in [0.15, 0.2) is 35.2 Å². The molecular weight excluding hydrogens is 430 g/mol. The number of aliphatic hydroxyl groups excluding tert-OH is 1. The van der Waals surface area contributed by atoms with E-state index in [9.17, 15) is 9.32 Å². The summed E-state index contributed by atoms with van der Waals surface area (Å²) in [7, 11) is -1.00. The SMILES string of the molecule is O=S1CCc2cc(N3CC4CC(C3)C4c3ccc(Cl)cc3)nc(NC3(CO)CCC3)c21. The molecule has 2 aromatic rings. The molecule has 4 fully saturated rings. The Labute approximate surface area is 190 Å². The Bertz CT molecular complexity index is 1020. The summed E-state index contributed by atoms with van der Waals surface area (Å²) in [5.41, 5.74) is 2.27. The summed E-state index contributed by atoms with van der Waals surface area (Å²) in [6, 6.07) is 10.5. The van der Waals surface area contributed by atoms with E-state index >= 15 is 0 Å². The third kappa shape index (κ3) is 3.30. The van der Waals surface area contributed by atoms with Crippen LogP contribution in [-0.2, 0) is 17.2 Å². The van der Waals surface area contributed by atoms with Crippen molar-refractivity contribution in [2.45, 2.75) is 48.5 Å². The molecule has 5 nitrogen and oxygen atoms in total. The molecule has 2 aliphatic carbocycles. The van der Waals surface area contributed by atoms with Gasteiger partial charge < -0.3 is 15.3 Å². The van der Waals surface area contributed by atoms with Crippen LogP contribution in [0.2, 0.25) is 5.02 Å². The predicted octanol–water partition coefficient (Wildman–Crippen LogP) is 3.97. The largest absolute Gasteiger partial charge is 0.394 e. The lowest BCUT2D eigenvalue weighted by Gasteiger charge is -2.54. The topological polar surface area (TPSA) is 65.5 Å². The maximum atomic E-state index is 12.7. The molecule has 0 radical (unpaired) electrons. The van der Waals surface area contributed by atoms with Gasteiger partial charge in [-0.25, -0.2) is 4.98 Å². The van der Waals surface area contributed by atoms with Crippen LogP contribution in [-0.4, -0.2) is 45.3 Å². The summed E-state index contributed by atoms with van der Waals surface area (Å²) in [4.78, 5) is 8.28. The minimum Gasteiger partial charge on any atom is -0.394 e. The van der Waals surface area contributed by atoms with Gasteiger partial charge in [-0.15, -0.1) is 0 Å². The lowest BCUT2D eigenvalue weighted by molar-refractivity contribution is 0.111. The molecule has 2 saturated carbocycles. The number of nitrogens with one attached hydrogen (secondary N) is 1. The van der Waals surface area contributed by atoms with Crippen LogP contribution >= 0.6 is 11.6 Å². The van der Waals surface area contributed by atoms with E-state index in [4.69, 9.17) is 16.6 Å². The number of pyridine rings is 1. The van der Waals surface area contributed by atoms with Crippen molar-refractivity contribution in [3.05, 3.63) is 46.5 Å². The summed E-state index contributed by atoms with van der Waals surface area (Å²) in [5.74, 6) is 4.29. The predicted molar refractivity (Wildman–Crippen MR) is 125 cm³/mol. The van der Waals surface area contributed by atoms with Crippen molar-refractivity contribution in [2.75, 3.05) is 35.7 Å². The number of hydrogen-bond acceptors (Lipinski definition) is 5. The molecule has 0 spiro atoms. The molecule has 2 bridgehead atoms. The zero-order valence-electron chi connectivity index (χ0n) is 17.5. The number of benzene rings is 1. The Morgan fingerprint density at radius 1 is 1.23 bits per heavy atom. The average Bonchev–Trinajstić information content (AvgIpc) is 3.13. The number of aryl methyl sites for hydroxylation is 1. The number of rotatable bonds is 5. The first-order valence-electron chi connectivity index (χ1n) is 11.4. The summed E-state index contributed by atoms with van der Waals surface area (Å²) in [6.45, 7) is 2.10. The van der Waals surface area contributed by atoms with Gasteiger partial charge in [0.15, 0.2) is 0 Å². The second-order valence-corrected chi connectivity index (χ2v) is 11.7. The summed E-state index contributed by atoms with van der Waals surface area (Å²) in [5, 5.41) is 14.3. The molecule has 2 N–H and O–H groups in total. The van der Waals surface area contributed by atoms with Crippen molar-refractivity contribution >= 4 is 34.0 Å². The van der Waals surface area contributed by atoms with Crippen molar-refractivity contribution in [2.24, 2.45) is 11.8 Å². The van der Waals surface area contributed by atoms with Gasteiger partial charge in [0, 0.05) is 23.9 Å². The van der Waals surface area contributed by atoms with Gasteiger partial charge in [0.05, 0.1) is 27.8 Å². The average molecular weight is 458 g/mol. The smallest absolute Gasteiger partial charge is 0.145 e. The molecule has 3 atom stereocenters. The lowest BCUT2D eigenvalue weighted by Crippen LogP contribution is -2.54. The second-order valence-electron chi connectivity index (χ2n) is 9.77. The van der Waals surface area contributed by atoms with Gasteiger partial charge >= 0.3 is 0 Å². The quantitative estimate of drug-likeness (QED) is 0.711. The highest BCUT2D eigenvalue weighted by atomic mass is 35.5. The van der Waals surface area contributed by atoms with Gasteiger partial charge in [0.25, 0.3) is 0 Å². The van der Waals surface area contributed by atoms with Crippen molar-refractivity contribution < 1.29 is 9.32 Å². The Kier molecular flexibility index (Phi) is 4.82. The maximum absolute atomic E-state index is 12.7. The van der Waals surface area contributed by atoms with Gasteiger partial charge in [0.1, 0.15) is 11.6 Å². The van der Waals surface area contributed by atoms with E-state index in [0.717, 1.165) is 65.9 Å². The molecule has 0 amide bonds. The first-order chi connectivity index (χ1) is 15.0. The summed E-state index contributed by atoms with van der Waals surface area (Å²) >= 11 is 6.08. The van der Waals surface area contributed by atoms with Crippen molar-refractivity contribution in [3.63, 3.8) is 0 Å². The van der Waals surface area contributed by atoms with Gasteiger partial charge in [-0.2, -0.15) is 0 Å². The van der Waals surface area contributed by atoms with Gasteiger partial charge in [-0.1, -0.05) is 23.7 Å². The first kappa shape index (κ1) is 20.0. The van der Waals surface area contributed by atoms with E-state index in [1.807, 2.05) is 12.1 Å². The second kappa shape index (κ2) is 7.46. The number of halogens is 1. The molecule has 2 saturated heterocycles. The van der Waals surface area contributed by atoms with E-state index in [1.54, 1.807) is 0 Å². The van der Waals surface area contributed by atoms with Crippen LogP contribution in [0.4, 0.5) is 11.6 Å². The number of fused-ring (bicyclic) bond motifs is 3. The Hall–Kier alpha value is -1.63. The van der Waals surface area contributed by atoms with Crippen LogP contribution in [0.3, 0.4) is 0 Å². The highest BCUT2D eigenvalue weighted by Crippen LogP contribution is 2.52. The van der Waals surface area contributed by atoms with E-state index < -0.39 is 10.8 Å². The molecular formula is C24H28ClN3O2S. The number of nitrogens with zero attached hydrogens (tertiary/aromatic N) is 2. The first-order valence-corrected chi connectivity index (χ1v) is 13.1. The third-order valence-electron chi connectivity index (χ3n) is 7.93. The Balaban J connectivity index is 1.27. The molecule has 1 aromatic heterocycles. The summed E-state index contributed by atoms with van der Waals surface area (Å²) in [6.07, 6.45) is 5.10. The maximum Gasteiger partial charge on any atom is 0.145 e. The highest BCUT2D eigenvalue weighted by Gasteiger charge is 2.48. The Morgan fingerprint density at radius 3 is 2.61 bits per heavy atom. The van der Waals surface area contributed by atoms with E-state index in [0.29, 0.717) is 23.5 Å². The van der Waals surface area contributed by atoms with Crippen LogP contribution in [0, 0.1) is 11.8 Å². The minimum absolute atomic E-state index is 0.0942. The molecule has 7 heteroatoms. The van der Waals surface area contributed by atoms with Crippen LogP contribution < -0.4 is 10.2 Å². The zero-order valence-corrected chi connectivity index (χ0v) is 19.1. The number of piperidine rings is 2. The molecule has 164 valence electrons. The van der Waals surface area contributed by atoms with E-state index in [1.165, 1.54) is 12.0 Å². The number of aromatic nitrogens is 1. The van der Waals surface area contributed by atoms with Crippen LogP contribution in [0.5, 0.6) is 0 Å². The van der Waals surface area contributed by atoms with Crippen molar-refractivity contribution in [1.29, 1.82) is 0 Å². The van der Waals surface area contributed by atoms with E-state index in [-0.39, 0.29) is 12.1 Å². The minimum atomic E-state index is -1.00. The van der Waals surface area contributed by atoms with Crippen molar-refractivity contribution in [1.82, 2.24) is 4.98 Å². The fourth-order valence-electron chi connectivity index (χ4n) is 6.04. The standard InChI is InChI=1S/C24H28ClN3O2S/c25-19-4-2-15(3-5-19)21-17-10-18(21)13-28(12-17)20-11-16-6-9-31(30)22(16)23(26-20)27-24(14-29)7-1-8-24/h2-5,11,17-18,21,29H,1,6-10,12-14H2,(H,26,27). The molecule has 1 aromatic carbocycles. The number of hydrogen-bond donors (Lipinski definition) is 2. The third-order valence-corrected chi connectivity index (χ3v) is 9.67.